The van der Waals surface area contributed by atoms with E-state index in [1.165, 1.54) is 12.1 Å². The number of hydrogen-bond donors (Lipinski definition) is 3. The molecule has 0 bridgehead atoms. The van der Waals surface area contributed by atoms with Gasteiger partial charge in [-0.3, -0.25) is 4.79 Å². The Balaban J connectivity index is 2.57. The molecule has 5 nitrogen and oxygen atoms in total. The Morgan fingerprint density at radius 1 is 1.10 bits per heavy atom. The van der Waals surface area contributed by atoms with Crippen molar-refractivity contribution in [3.63, 3.8) is 0 Å². The van der Waals surface area contributed by atoms with Crippen molar-refractivity contribution in [2.75, 3.05) is 5.32 Å². The molecule has 4 N–H and O–H groups in total. The van der Waals surface area contributed by atoms with Crippen LogP contribution < -0.4 is 11.1 Å². The Labute approximate surface area is 118 Å². The first-order chi connectivity index (χ1) is 9.90. The lowest BCUT2D eigenvalue weighted by Gasteiger charge is -2.10. The van der Waals surface area contributed by atoms with Crippen LogP contribution in [-0.2, 0) is 0 Å². The van der Waals surface area contributed by atoms with Gasteiger partial charge in [0, 0.05) is 0 Å². The van der Waals surface area contributed by atoms with E-state index in [0.29, 0.717) is 0 Å². The second kappa shape index (κ2) is 5.58. The number of phenols is 1. The van der Waals surface area contributed by atoms with Crippen LogP contribution in [0, 0.1) is 11.6 Å². The highest BCUT2D eigenvalue weighted by Crippen LogP contribution is 2.26. The van der Waals surface area contributed by atoms with E-state index >= 15 is 0 Å². The van der Waals surface area contributed by atoms with Gasteiger partial charge in [-0.1, -0.05) is 6.07 Å². The third kappa shape index (κ3) is 2.97. The minimum Gasteiger partial charge on any atom is -0.508 e. The summed E-state index contributed by atoms with van der Waals surface area (Å²) in [4.78, 5) is 23.1. The number of halogens is 2. The normalized spacial score (nSPS) is 10.2. The molecule has 2 rings (SSSR count). The monoisotopic (exact) mass is 292 g/mol. The van der Waals surface area contributed by atoms with Gasteiger partial charge in [0.25, 0.3) is 0 Å². The zero-order chi connectivity index (χ0) is 15.6. The number of benzene rings is 2. The fourth-order valence-corrected chi connectivity index (χ4v) is 1.81. The summed E-state index contributed by atoms with van der Waals surface area (Å²) in [5, 5.41) is 11.6. The van der Waals surface area contributed by atoms with Crippen LogP contribution in [0.2, 0.25) is 0 Å². The first kappa shape index (κ1) is 14.4. The molecule has 0 aromatic heterocycles. The van der Waals surface area contributed by atoms with E-state index in [1.54, 1.807) is 0 Å². The molecular weight excluding hydrogens is 282 g/mol. The summed E-state index contributed by atoms with van der Waals surface area (Å²) >= 11 is 0. The molecule has 0 aliphatic rings. The SMILES string of the molecule is NC(=O)Nc1ccc(O)cc1C(=O)c1c(F)cccc1F. The van der Waals surface area contributed by atoms with Crippen LogP contribution >= 0.6 is 0 Å². The predicted molar refractivity (Wildman–Crippen MR) is 71.1 cm³/mol. The van der Waals surface area contributed by atoms with E-state index in [-0.39, 0.29) is 17.0 Å². The summed E-state index contributed by atoms with van der Waals surface area (Å²) in [6, 6.07) is 5.40. The number of anilines is 1. The molecule has 21 heavy (non-hydrogen) atoms. The first-order valence-corrected chi connectivity index (χ1v) is 5.78. The van der Waals surface area contributed by atoms with E-state index < -0.39 is 29.0 Å². The maximum Gasteiger partial charge on any atom is 0.316 e. The van der Waals surface area contributed by atoms with Crippen LogP contribution in [0.1, 0.15) is 15.9 Å². The molecule has 0 saturated carbocycles. The zero-order valence-corrected chi connectivity index (χ0v) is 10.6. The van der Waals surface area contributed by atoms with Gasteiger partial charge in [-0.25, -0.2) is 13.6 Å². The van der Waals surface area contributed by atoms with Gasteiger partial charge in [-0.05, 0) is 30.3 Å². The van der Waals surface area contributed by atoms with Crippen LogP contribution in [0.3, 0.4) is 0 Å². The van der Waals surface area contributed by atoms with Gasteiger partial charge in [-0.2, -0.15) is 0 Å². The number of urea groups is 1. The van der Waals surface area contributed by atoms with Crippen molar-refractivity contribution in [3.05, 3.63) is 59.2 Å². The topological polar surface area (TPSA) is 92.4 Å². The van der Waals surface area contributed by atoms with Crippen molar-refractivity contribution in [2.24, 2.45) is 5.73 Å². The van der Waals surface area contributed by atoms with E-state index in [0.717, 1.165) is 24.3 Å². The Morgan fingerprint density at radius 3 is 2.29 bits per heavy atom. The molecule has 7 heteroatoms. The second-order valence-corrected chi connectivity index (χ2v) is 4.14. The van der Waals surface area contributed by atoms with Crippen LogP contribution in [0.15, 0.2) is 36.4 Å². The fraction of sp³-hybridized carbons (Fsp3) is 0. The molecular formula is C14H10F2N2O3. The summed E-state index contributed by atoms with van der Waals surface area (Å²) in [5.41, 5.74) is 3.83. The van der Waals surface area contributed by atoms with Crippen molar-refractivity contribution >= 4 is 17.5 Å². The number of carbonyl (C=O) groups is 2. The standard InChI is InChI=1S/C14H10F2N2O3/c15-9-2-1-3-10(16)12(9)13(20)8-6-7(19)4-5-11(8)18-14(17)21/h1-6,19H,(H3,17,18,21). The molecule has 0 unspecified atom stereocenters. The zero-order valence-electron chi connectivity index (χ0n) is 10.6. The summed E-state index contributed by atoms with van der Waals surface area (Å²) in [6.45, 7) is 0. The van der Waals surface area contributed by atoms with Crippen molar-refractivity contribution in [1.82, 2.24) is 0 Å². The first-order valence-electron chi connectivity index (χ1n) is 5.78. The Hall–Kier alpha value is -2.96. The molecule has 0 heterocycles. The minimum atomic E-state index is -1.05. The quantitative estimate of drug-likeness (QED) is 0.599. The number of carbonyl (C=O) groups excluding carboxylic acids is 2. The molecule has 0 radical (unpaired) electrons. The highest BCUT2D eigenvalue weighted by molar-refractivity contribution is 6.14. The predicted octanol–water partition coefficient (Wildman–Crippen LogP) is 2.39. The average Bonchev–Trinajstić information content (AvgIpc) is 2.40. The van der Waals surface area contributed by atoms with Crippen molar-refractivity contribution in [3.8, 4) is 5.75 Å². The Morgan fingerprint density at radius 2 is 1.71 bits per heavy atom. The van der Waals surface area contributed by atoms with Gasteiger partial charge < -0.3 is 16.2 Å². The lowest BCUT2D eigenvalue weighted by molar-refractivity contribution is 0.103. The van der Waals surface area contributed by atoms with Crippen molar-refractivity contribution in [2.45, 2.75) is 0 Å². The van der Waals surface area contributed by atoms with E-state index in [9.17, 15) is 23.5 Å². The van der Waals surface area contributed by atoms with Gasteiger partial charge >= 0.3 is 6.03 Å². The van der Waals surface area contributed by atoms with Gasteiger partial charge in [-0.15, -0.1) is 0 Å². The van der Waals surface area contributed by atoms with Gasteiger partial charge in [0.15, 0.2) is 0 Å². The molecule has 0 saturated heterocycles. The van der Waals surface area contributed by atoms with Gasteiger partial charge in [0.2, 0.25) is 5.78 Å². The molecule has 2 amide bonds. The molecule has 0 fully saturated rings. The third-order valence-corrected chi connectivity index (χ3v) is 2.70. The number of nitrogens with one attached hydrogen (secondary N) is 1. The number of amides is 2. The highest BCUT2D eigenvalue weighted by atomic mass is 19.1. The maximum absolute atomic E-state index is 13.6. The van der Waals surface area contributed by atoms with Gasteiger partial charge in [0.05, 0.1) is 16.8 Å². The molecule has 0 aliphatic heterocycles. The molecule has 2 aromatic rings. The lowest BCUT2D eigenvalue weighted by Crippen LogP contribution is -2.21. The molecule has 0 atom stereocenters. The van der Waals surface area contributed by atoms with E-state index in [4.69, 9.17) is 5.73 Å². The van der Waals surface area contributed by atoms with Crippen LogP contribution in [-0.4, -0.2) is 16.9 Å². The number of primary amides is 1. The molecule has 0 aliphatic carbocycles. The summed E-state index contributed by atoms with van der Waals surface area (Å²) in [6.07, 6.45) is 0. The van der Waals surface area contributed by atoms with E-state index in [1.807, 2.05) is 0 Å². The van der Waals surface area contributed by atoms with Crippen molar-refractivity contribution < 1.29 is 23.5 Å². The largest absolute Gasteiger partial charge is 0.508 e. The Bertz CT molecular complexity index is 712. The van der Waals surface area contributed by atoms with Crippen LogP contribution in [0.5, 0.6) is 5.75 Å². The van der Waals surface area contributed by atoms with Crippen LogP contribution in [0.4, 0.5) is 19.3 Å². The van der Waals surface area contributed by atoms with Crippen molar-refractivity contribution in [1.29, 1.82) is 0 Å². The minimum absolute atomic E-state index is 0.0621. The smallest absolute Gasteiger partial charge is 0.316 e. The maximum atomic E-state index is 13.6. The van der Waals surface area contributed by atoms with Gasteiger partial charge in [0.1, 0.15) is 17.4 Å². The number of hydrogen-bond acceptors (Lipinski definition) is 3. The fourth-order valence-electron chi connectivity index (χ4n) is 1.81. The average molecular weight is 292 g/mol. The summed E-state index contributed by atoms with van der Waals surface area (Å²) < 4.78 is 27.3. The Kier molecular flexibility index (Phi) is 3.84. The van der Waals surface area contributed by atoms with Crippen LogP contribution in [0.25, 0.3) is 0 Å². The molecule has 2 aromatic carbocycles. The number of phenolic OH excluding ortho intramolecular Hbond substituents is 1. The second-order valence-electron chi connectivity index (χ2n) is 4.14. The third-order valence-electron chi connectivity index (χ3n) is 2.70. The lowest BCUT2D eigenvalue weighted by atomic mass is 10.00. The number of ketones is 1. The summed E-state index contributed by atoms with van der Waals surface area (Å²) in [5.74, 6) is -3.42. The summed E-state index contributed by atoms with van der Waals surface area (Å²) in [7, 11) is 0. The number of aromatic hydroxyl groups is 1. The highest BCUT2D eigenvalue weighted by Gasteiger charge is 2.22. The number of nitrogens with two attached hydrogens (primary N) is 1. The number of rotatable bonds is 3. The molecule has 0 spiro atoms. The molecule has 108 valence electrons. The van der Waals surface area contributed by atoms with E-state index in [2.05, 4.69) is 5.32 Å².